The van der Waals surface area contributed by atoms with Crippen molar-refractivity contribution in [2.45, 2.75) is 26.4 Å². The van der Waals surface area contributed by atoms with E-state index >= 15 is 0 Å². The summed E-state index contributed by atoms with van der Waals surface area (Å²) >= 11 is 0. The first-order valence-corrected chi connectivity index (χ1v) is 3.85. The number of aliphatic hydroxyl groups is 1. The minimum Gasteiger partial charge on any atom is -0.387 e. The van der Waals surface area contributed by atoms with Crippen LogP contribution in [0.1, 0.15) is 30.8 Å². The Morgan fingerprint density at radius 3 is 2.82 bits per heavy atom. The topological polar surface area (TPSA) is 33.1 Å². The highest BCUT2D eigenvalue weighted by Gasteiger charge is 2.04. The lowest BCUT2D eigenvalue weighted by Gasteiger charge is -2.06. The van der Waals surface area contributed by atoms with Gasteiger partial charge in [0.25, 0.3) is 0 Å². The summed E-state index contributed by atoms with van der Waals surface area (Å²) in [6, 6.07) is 5.68. The Hall–Kier alpha value is -0.890. The van der Waals surface area contributed by atoms with Crippen molar-refractivity contribution >= 4 is 0 Å². The van der Waals surface area contributed by atoms with E-state index in [0.29, 0.717) is 0 Å². The number of hydrogen-bond acceptors (Lipinski definition) is 2. The van der Waals surface area contributed by atoms with Gasteiger partial charge in [-0.3, -0.25) is 4.98 Å². The van der Waals surface area contributed by atoms with Gasteiger partial charge in [-0.05, 0) is 25.5 Å². The van der Waals surface area contributed by atoms with Crippen LogP contribution in [0.2, 0.25) is 0 Å². The van der Waals surface area contributed by atoms with Gasteiger partial charge < -0.3 is 5.11 Å². The van der Waals surface area contributed by atoms with Gasteiger partial charge in [0, 0.05) is 5.69 Å². The summed E-state index contributed by atoms with van der Waals surface area (Å²) in [6.07, 6.45) is 0.311. The second-order valence-corrected chi connectivity index (χ2v) is 2.63. The lowest BCUT2D eigenvalue weighted by molar-refractivity contribution is 0.168. The first kappa shape index (κ1) is 8.21. The minimum absolute atomic E-state index is 0.408. The molecule has 0 radical (unpaired) electrons. The Balaban J connectivity index is 2.86. The Labute approximate surface area is 66.9 Å². The molecular weight excluding hydrogens is 138 g/mol. The van der Waals surface area contributed by atoms with E-state index < -0.39 is 6.10 Å². The molecule has 0 saturated carbocycles. The fourth-order valence-corrected chi connectivity index (χ4v) is 0.959. The van der Waals surface area contributed by atoms with E-state index in [9.17, 15) is 5.11 Å². The fourth-order valence-electron chi connectivity index (χ4n) is 0.959. The molecule has 0 aliphatic rings. The van der Waals surface area contributed by atoms with Crippen molar-refractivity contribution in [3.63, 3.8) is 0 Å². The molecule has 0 amide bonds. The lowest BCUT2D eigenvalue weighted by atomic mass is 10.2. The highest BCUT2D eigenvalue weighted by molar-refractivity contribution is 5.11. The Bertz CT molecular complexity index is 235. The zero-order valence-electron chi connectivity index (χ0n) is 6.91. The van der Waals surface area contributed by atoms with Gasteiger partial charge in [-0.25, -0.2) is 0 Å². The van der Waals surface area contributed by atoms with Gasteiger partial charge in [0.05, 0.1) is 11.8 Å². The van der Waals surface area contributed by atoms with Gasteiger partial charge in [-0.15, -0.1) is 0 Å². The van der Waals surface area contributed by atoms with Crippen LogP contribution in [0.5, 0.6) is 0 Å². The molecule has 60 valence electrons. The SMILES string of the molecule is CC[C@H](O)c1cccc(C)n1. The van der Waals surface area contributed by atoms with E-state index in [-0.39, 0.29) is 0 Å². The maximum atomic E-state index is 9.39. The third kappa shape index (κ3) is 2.02. The van der Waals surface area contributed by atoms with Crippen molar-refractivity contribution in [1.29, 1.82) is 0 Å². The van der Waals surface area contributed by atoms with Crippen LogP contribution in [-0.2, 0) is 0 Å². The van der Waals surface area contributed by atoms with Crippen LogP contribution in [0, 0.1) is 6.92 Å². The van der Waals surface area contributed by atoms with Crippen LogP contribution < -0.4 is 0 Å². The second-order valence-electron chi connectivity index (χ2n) is 2.63. The molecule has 0 unspecified atom stereocenters. The normalized spacial score (nSPS) is 13.0. The maximum absolute atomic E-state index is 9.39. The van der Waals surface area contributed by atoms with Crippen molar-refractivity contribution in [2.75, 3.05) is 0 Å². The lowest BCUT2D eigenvalue weighted by Crippen LogP contribution is -1.98. The zero-order chi connectivity index (χ0) is 8.27. The average Bonchev–Trinajstić information content (AvgIpc) is 2.03. The molecule has 0 bridgehead atoms. The van der Waals surface area contributed by atoms with Gasteiger partial charge in [0.2, 0.25) is 0 Å². The summed E-state index contributed by atoms with van der Waals surface area (Å²) < 4.78 is 0. The fraction of sp³-hybridized carbons (Fsp3) is 0.444. The van der Waals surface area contributed by atoms with Gasteiger partial charge >= 0.3 is 0 Å². The van der Waals surface area contributed by atoms with E-state index in [1.807, 2.05) is 32.0 Å². The molecule has 1 N–H and O–H groups in total. The predicted octanol–water partition coefficient (Wildman–Crippen LogP) is 1.83. The second kappa shape index (κ2) is 3.49. The van der Waals surface area contributed by atoms with Crippen LogP contribution in [0.3, 0.4) is 0 Å². The minimum atomic E-state index is -0.408. The molecule has 0 aromatic carbocycles. The van der Waals surface area contributed by atoms with Gasteiger partial charge in [-0.2, -0.15) is 0 Å². The van der Waals surface area contributed by atoms with E-state index in [1.54, 1.807) is 0 Å². The summed E-state index contributed by atoms with van der Waals surface area (Å²) in [5.74, 6) is 0. The molecule has 0 spiro atoms. The van der Waals surface area contributed by atoms with E-state index in [0.717, 1.165) is 17.8 Å². The summed E-state index contributed by atoms with van der Waals surface area (Å²) in [6.45, 7) is 3.86. The van der Waals surface area contributed by atoms with Gasteiger partial charge in [0.15, 0.2) is 0 Å². The molecule has 2 nitrogen and oxygen atoms in total. The van der Waals surface area contributed by atoms with E-state index in [4.69, 9.17) is 0 Å². The molecule has 1 aromatic rings. The third-order valence-corrected chi connectivity index (χ3v) is 1.64. The number of pyridine rings is 1. The number of rotatable bonds is 2. The molecule has 1 heterocycles. The van der Waals surface area contributed by atoms with Crippen molar-refractivity contribution in [1.82, 2.24) is 4.98 Å². The van der Waals surface area contributed by atoms with Crippen LogP contribution in [0.15, 0.2) is 18.2 Å². The first-order valence-electron chi connectivity index (χ1n) is 3.85. The van der Waals surface area contributed by atoms with Crippen LogP contribution in [-0.4, -0.2) is 10.1 Å². The molecule has 0 aliphatic heterocycles. The Morgan fingerprint density at radius 2 is 2.27 bits per heavy atom. The monoisotopic (exact) mass is 151 g/mol. The molecule has 0 aliphatic carbocycles. The summed E-state index contributed by atoms with van der Waals surface area (Å²) in [4.78, 5) is 4.19. The number of aromatic nitrogens is 1. The highest BCUT2D eigenvalue weighted by atomic mass is 16.3. The average molecular weight is 151 g/mol. The summed E-state index contributed by atoms with van der Waals surface area (Å²) in [5.41, 5.74) is 1.72. The molecule has 0 fully saturated rings. The predicted molar refractivity (Wildman–Crippen MR) is 44.2 cm³/mol. The number of aliphatic hydroxyl groups excluding tert-OH is 1. The van der Waals surface area contributed by atoms with Gasteiger partial charge in [0.1, 0.15) is 0 Å². The van der Waals surface area contributed by atoms with Gasteiger partial charge in [-0.1, -0.05) is 13.0 Å². The van der Waals surface area contributed by atoms with E-state index in [2.05, 4.69) is 4.98 Å². The molecule has 1 aromatic heterocycles. The van der Waals surface area contributed by atoms with Crippen molar-refractivity contribution in [3.8, 4) is 0 Å². The standard InChI is InChI=1S/C9H13NO/c1-3-9(11)8-6-4-5-7(2)10-8/h4-6,9,11H,3H2,1-2H3/t9-/m0/s1. The molecular formula is C9H13NO. The highest BCUT2D eigenvalue weighted by Crippen LogP contribution is 2.12. The van der Waals surface area contributed by atoms with Crippen LogP contribution in [0.4, 0.5) is 0 Å². The van der Waals surface area contributed by atoms with Crippen LogP contribution in [0.25, 0.3) is 0 Å². The molecule has 0 saturated heterocycles. The first-order chi connectivity index (χ1) is 5.24. The third-order valence-electron chi connectivity index (χ3n) is 1.64. The Morgan fingerprint density at radius 1 is 1.55 bits per heavy atom. The van der Waals surface area contributed by atoms with Crippen molar-refractivity contribution < 1.29 is 5.11 Å². The van der Waals surface area contributed by atoms with Crippen molar-refractivity contribution in [3.05, 3.63) is 29.6 Å². The van der Waals surface area contributed by atoms with E-state index in [1.165, 1.54) is 0 Å². The number of hydrogen-bond donors (Lipinski definition) is 1. The molecule has 1 rings (SSSR count). The number of aryl methyl sites for hydroxylation is 1. The number of nitrogens with zero attached hydrogens (tertiary/aromatic N) is 1. The maximum Gasteiger partial charge on any atom is 0.0957 e. The molecule has 2 heteroatoms. The smallest absolute Gasteiger partial charge is 0.0957 e. The largest absolute Gasteiger partial charge is 0.387 e. The van der Waals surface area contributed by atoms with Crippen LogP contribution >= 0.6 is 0 Å². The molecule has 1 atom stereocenters. The Kier molecular flexibility index (Phi) is 2.60. The summed E-state index contributed by atoms with van der Waals surface area (Å²) in [5, 5.41) is 9.39. The van der Waals surface area contributed by atoms with Crippen molar-refractivity contribution in [2.24, 2.45) is 0 Å². The zero-order valence-corrected chi connectivity index (χ0v) is 6.91. The quantitative estimate of drug-likeness (QED) is 0.699. The molecule has 11 heavy (non-hydrogen) atoms. The summed E-state index contributed by atoms with van der Waals surface area (Å²) in [7, 11) is 0.